The zero-order chi connectivity index (χ0) is 21.8. The van der Waals surface area contributed by atoms with E-state index < -0.39 is 0 Å². The Morgan fingerprint density at radius 3 is 2.61 bits per heavy atom. The van der Waals surface area contributed by atoms with Gasteiger partial charge >= 0.3 is 0 Å². The van der Waals surface area contributed by atoms with Gasteiger partial charge < -0.3 is 15.0 Å². The van der Waals surface area contributed by atoms with Crippen molar-refractivity contribution in [3.8, 4) is 0 Å². The average molecular weight is 441 g/mol. The van der Waals surface area contributed by atoms with Gasteiger partial charge in [-0.05, 0) is 75.1 Å². The highest BCUT2D eigenvalue weighted by atomic mass is 32.1. The van der Waals surface area contributed by atoms with Gasteiger partial charge in [0, 0.05) is 52.0 Å². The Morgan fingerprint density at radius 2 is 1.90 bits per heavy atom. The first-order valence-corrected chi connectivity index (χ1v) is 11.7. The fourth-order valence-corrected chi connectivity index (χ4v) is 5.38. The van der Waals surface area contributed by atoms with Crippen molar-refractivity contribution in [1.29, 1.82) is 0 Å². The summed E-state index contributed by atoms with van der Waals surface area (Å²) >= 11 is 1.80. The summed E-state index contributed by atoms with van der Waals surface area (Å²) in [5, 5.41) is 4.40. The van der Waals surface area contributed by atoms with Crippen molar-refractivity contribution in [2.24, 2.45) is 0 Å². The Bertz CT molecular complexity index is 1030. The van der Waals surface area contributed by atoms with Crippen LogP contribution in [0.25, 0.3) is 10.1 Å². The molecule has 1 heterocycles. The summed E-state index contributed by atoms with van der Waals surface area (Å²) in [5.74, 6) is -0.451. The Hall–Kier alpha value is -2.44. The van der Waals surface area contributed by atoms with E-state index in [1.165, 1.54) is 44.9 Å². The van der Waals surface area contributed by atoms with E-state index in [1.54, 1.807) is 11.3 Å². The maximum atomic E-state index is 13.1. The quantitative estimate of drug-likeness (QED) is 0.508. The van der Waals surface area contributed by atoms with E-state index in [4.69, 9.17) is 4.74 Å². The molecule has 4 nitrogen and oxygen atoms in total. The number of nitrogens with one attached hydrogen (secondary N) is 1. The van der Waals surface area contributed by atoms with Crippen LogP contribution in [0, 0.1) is 5.82 Å². The van der Waals surface area contributed by atoms with Crippen molar-refractivity contribution in [3.05, 3.63) is 64.8 Å². The predicted molar refractivity (Wildman–Crippen MR) is 125 cm³/mol. The second kappa shape index (κ2) is 9.79. The Kier molecular flexibility index (Phi) is 6.88. The lowest BCUT2D eigenvalue weighted by Gasteiger charge is -2.36. The van der Waals surface area contributed by atoms with Crippen LogP contribution in [-0.2, 0) is 11.3 Å². The van der Waals surface area contributed by atoms with E-state index in [0.717, 1.165) is 32.3 Å². The van der Waals surface area contributed by atoms with Gasteiger partial charge in [-0.15, -0.1) is 11.3 Å². The normalized spacial score (nSPS) is 18.8. The molecule has 1 aliphatic carbocycles. The van der Waals surface area contributed by atoms with Gasteiger partial charge in [-0.3, -0.25) is 4.79 Å². The molecular weight excluding hydrogens is 411 g/mol. The molecule has 1 aliphatic rings. The molecule has 0 atom stereocenters. The lowest BCUT2D eigenvalue weighted by molar-refractivity contribution is 0.0925. The fraction of sp³-hybridized carbons (Fsp3) is 0.400. The highest BCUT2D eigenvalue weighted by Crippen LogP contribution is 2.36. The molecule has 1 fully saturated rings. The number of hydrogen-bond donors (Lipinski definition) is 1. The highest BCUT2D eigenvalue weighted by Gasteiger charge is 2.26. The molecule has 2 aromatic carbocycles. The van der Waals surface area contributed by atoms with Gasteiger partial charge in [0.25, 0.3) is 5.91 Å². The summed E-state index contributed by atoms with van der Waals surface area (Å²) < 4.78 is 20.0. The molecule has 1 saturated carbocycles. The number of ether oxygens (including phenoxy) is 1. The minimum absolute atomic E-state index is 0.123. The Labute approximate surface area is 187 Å². The minimum atomic E-state index is -0.328. The van der Waals surface area contributed by atoms with Crippen LogP contribution in [0.4, 0.5) is 10.1 Å². The number of anilines is 1. The Morgan fingerprint density at radius 1 is 1.16 bits per heavy atom. The first kappa shape index (κ1) is 21.8. The standard InChI is InChI=1S/C25H29FN2O2S/c1-3-30-16-21-15-22-23(5-4-6-24(22)31-21)28(2)20-13-11-19(12-14-20)27-25(29)17-7-9-18(26)10-8-17/h4-10,15,19-20H,3,11-14,16H2,1-2H3,(H,27,29)/t19-,20+. The molecule has 164 valence electrons. The van der Waals surface area contributed by atoms with Crippen molar-refractivity contribution >= 4 is 33.0 Å². The second-order valence-electron chi connectivity index (χ2n) is 8.14. The first-order valence-electron chi connectivity index (χ1n) is 10.9. The van der Waals surface area contributed by atoms with Crippen LogP contribution >= 0.6 is 11.3 Å². The monoisotopic (exact) mass is 440 g/mol. The lowest BCUT2D eigenvalue weighted by atomic mass is 9.89. The lowest BCUT2D eigenvalue weighted by Crippen LogP contribution is -2.43. The average Bonchev–Trinajstić information content (AvgIpc) is 3.21. The zero-order valence-corrected chi connectivity index (χ0v) is 18.9. The Balaban J connectivity index is 1.38. The van der Waals surface area contributed by atoms with E-state index >= 15 is 0 Å². The number of rotatable bonds is 7. The summed E-state index contributed by atoms with van der Waals surface area (Å²) in [4.78, 5) is 16.1. The van der Waals surface area contributed by atoms with Crippen LogP contribution in [0.1, 0.15) is 47.8 Å². The van der Waals surface area contributed by atoms with Gasteiger partial charge in [0.2, 0.25) is 0 Å². The van der Waals surface area contributed by atoms with Gasteiger partial charge in [0.15, 0.2) is 0 Å². The smallest absolute Gasteiger partial charge is 0.251 e. The molecule has 0 saturated heterocycles. The molecule has 0 radical (unpaired) electrons. The van der Waals surface area contributed by atoms with Crippen LogP contribution in [0.2, 0.25) is 0 Å². The van der Waals surface area contributed by atoms with Crippen LogP contribution in [-0.4, -0.2) is 31.6 Å². The summed E-state index contributed by atoms with van der Waals surface area (Å²) in [6.07, 6.45) is 3.93. The number of benzene rings is 2. The first-order chi connectivity index (χ1) is 15.0. The van der Waals surface area contributed by atoms with Gasteiger partial charge in [0.05, 0.1) is 6.61 Å². The SMILES string of the molecule is CCOCc1cc2c(N(C)[C@H]3CC[C@@H](NC(=O)c4ccc(F)cc4)CC3)cccc2s1. The molecule has 1 aromatic heterocycles. The number of carbonyl (C=O) groups excluding carboxylic acids is 1. The van der Waals surface area contributed by atoms with Crippen molar-refractivity contribution in [1.82, 2.24) is 5.32 Å². The van der Waals surface area contributed by atoms with Gasteiger partial charge in [-0.2, -0.15) is 0 Å². The van der Waals surface area contributed by atoms with E-state index in [9.17, 15) is 9.18 Å². The molecule has 1 N–H and O–H groups in total. The topological polar surface area (TPSA) is 41.6 Å². The second-order valence-corrected chi connectivity index (χ2v) is 9.30. The summed E-state index contributed by atoms with van der Waals surface area (Å²) in [5.41, 5.74) is 1.77. The summed E-state index contributed by atoms with van der Waals surface area (Å²) in [6, 6.07) is 15.1. The number of amides is 1. The van der Waals surface area contributed by atoms with E-state index in [0.29, 0.717) is 18.2 Å². The van der Waals surface area contributed by atoms with E-state index in [-0.39, 0.29) is 17.8 Å². The van der Waals surface area contributed by atoms with Crippen molar-refractivity contribution in [2.45, 2.75) is 51.3 Å². The largest absolute Gasteiger partial charge is 0.376 e. The van der Waals surface area contributed by atoms with Gasteiger partial charge in [-0.1, -0.05) is 6.07 Å². The van der Waals surface area contributed by atoms with Crippen molar-refractivity contribution in [2.75, 3.05) is 18.6 Å². The molecule has 6 heteroatoms. The predicted octanol–water partition coefficient (Wildman–Crippen LogP) is 5.75. The van der Waals surface area contributed by atoms with Crippen LogP contribution in [0.5, 0.6) is 0 Å². The third-order valence-electron chi connectivity index (χ3n) is 6.10. The minimum Gasteiger partial charge on any atom is -0.376 e. The van der Waals surface area contributed by atoms with Gasteiger partial charge in [0.1, 0.15) is 5.82 Å². The molecule has 4 rings (SSSR count). The highest BCUT2D eigenvalue weighted by molar-refractivity contribution is 7.19. The molecule has 0 bridgehead atoms. The number of carbonyl (C=O) groups is 1. The molecule has 0 unspecified atom stereocenters. The number of nitrogens with zero attached hydrogens (tertiary/aromatic N) is 1. The maximum absolute atomic E-state index is 13.1. The molecule has 3 aromatic rings. The number of fused-ring (bicyclic) bond motifs is 1. The number of hydrogen-bond acceptors (Lipinski definition) is 4. The molecular formula is C25H29FN2O2S. The molecule has 0 aliphatic heterocycles. The summed E-state index contributed by atoms with van der Waals surface area (Å²) in [6.45, 7) is 3.41. The summed E-state index contributed by atoms with van der Waals surface area (Å²) in [7, 11) is 2.18. The molecule has 0 spiro atoms. The number of thiophene rings is 1. The van der Waals surface area contributed by atoms with E-state index in [2.05, 4.69) is 41.5 Å². The maximum Gasteiger partial charge on any atom is 0.251 e. The fourth-order valence-electron chi connectivity index (χ4n) is 4.35. The van der Waals surface area contributed by atoms with Crippen LogP contribution in [0.15, 0.2) is 48.5 Å². The molecule has 1 amide bonds. The van der Waals surface area contributed by atoms with Crippen LogP contribution in [0.3, 0.4) is 0 Å². The van der Waals surface area contributed by atoms with Crippen LogP contribution < -0.4 is 10.2 Å². The van der Waals surface area contributed by atoms with Crippen molar-refractivity contribution < 1.29 is 13.9 Å². The van der Waals surface area contributed by atoms with Gasteiger partial charge in [-0.25, -0.2) is 4.39 Å². The van der Waals surface area contributed by atoms with Crippen molar-refractivity contribution in [3.63, 3.8) is 0 Å². The third kappa shape index (κ3) is 5.08. The third-order valence-corrected chi connectivity index (χ3v) is 7.18. The molecule has 31 heavy (non-hydrogen) atoms. The zero-order valence-electron chi connectivity index (χ0n) is 18.1. The number of halogens is 1. The van der Waals surface area contributed by atoms with E-state index in [1.807, 2.05) is 6.92 Å².